The minimum Gasteiger partial charge on any atom is -0.364 e. The van der Waals surface area contributed by atoms with Gasteiger partial charge in [0.15, 0.2) is 4.99 Å². The smallest absolute Gasteiger partial charge is 0.276 e. The van der Waals surface area contributed by atoms with Crippen LogP contribution in [0.15, 0.2) is 18.2 Å². The van der Waals surface area contributed by atoms with Gasteiger partial charge < -0.3 is 11.1 Å². The first kappa shape index (κ1) is 11.2. The number of carbonyl (C=O) groups excluding carboxylic acids is 1. The van der Waals surface area contributed by atoms with Crippen LogP contribution in [0.1, 0.15) is 0 Å². The number of hydrogen-bond acceptors (Lipinski definition) is 2. The summed E-state index contributed by atoms with van der Waals surface area (Å²) in [6.07, 6.45) is 0. The summed E-state index contributed by atoms with van der Waals surface area (Å²) in [5.41, 5.74) is 5.34. The van der Waals surface area contributed by atoms with Gasteiger partial charge in [0, 0.05) is 0 Å². The molecule has 1 aromatic rings. The van der Waals surface area contributed by atoms with Gasteiger partial charge in [0.1, 0.15) is 0 Å². The van der Waals surface area contributed by atoms with Crippen LogP contribution in [0.25, 0.3) is 0 Å². The fourth-order valence-corrected chi connectivity index (χ4v) is 1.39. The Bertz CT molecular complexity index is 375. The van der Waals surface area contributed by atoms with Gasteiger partial charge in [-0.3, -0.25) is 4.79 Å². The molecule has 6 heteroatoms. The Morgan fingerprint density at radius 1 is 1.36 bits per heavy atom. The van der Waals surface area contributed by atoms with E-state index in [1.165, 1.54) is 0 Å². The van der Waals surface area contributed by atoms with Crippen molar-refractivity contribution < 1.29 is 4.79 Å². The molecule has 0 aliphatic heterocycles. The van der Waals surface area contributed by atoms with Gasteiger partial charge in [-0.2, -0.15) is 0 Å². The second kappa shape index (κ2) is 4.59. The van der Waals surface area contributed by atoms with Crippen LogP contribution in [-0.2, 0) is 4.79 Å². The highest BCUT2D eigenvalue weighted by molar-refractivity contribution is 7.82. The second-order valence-electron chi connectivity index (χ2n) is 2.42. The van der Waals surface area contributed by atoms with Gasteiger partial charge in [0.25, 0.3) is 5.91 Å². The molecule has 0 fully saturated rings. The summed E-state index contributed by atoms with van der Waals surface area (Å²) < 4.78 is 0. The molecule has 0 atom stereocenters. The lowest BCUT2D eigenvalue weighted by atomic mass is 10.3. The van der Waals surface area contributed by atoms with Crippen LogP contribution >= 0.6 is 35.4 Å². The number of rotatable bonds is 1. The number of nitrogens with one attached hydrogen (secondary N) is 1. The Labute approximate surface area is 96.2 Å². The van der Waals surface area contributed by atoms with Gasteiger partial charge in [-0.1, -0.05) is 41.5 Å². The zero-order valence-electron chi connectivity index (χ0n) is 6.88. The molecule has 0 saturated carbocycles. The maximum Gasteiger partial charge on any atom is 0.276 e. The zero-order valence-corrected chi connectivity index (χ0v) is 9.21. The number of hydrogen-bond donors (Lipinski definition) is 2. The molecule has 14 heavy (non-hydrogen) atoms. The van der Waals surface area contributed by atoms with Crippen LogP contribution in [0.4, 0.5) is 5.69 Å². The van der Waals surface area contributed by atoms with E-state index in [1.54, 1.807) is 18.2 Å². The lowest BCUT2D eigenvalue weighted by Gasteiger charge is -2.08. The maximum absolute atomic E-state index is 10.7. The van der Waals surface area contributed by atoms with Crippen molar-refractivity contribution in [2.24, 2.45) is 5.73 Å². The van der Waals surface area contributed by atoms with E-state index in [0.717, 1.165) is 0 Å². The highest BCUT2D eigenvalue weighted by Crippen LogP contribution is 2.29. The lowest BCUT2D eigenvalue weighted by Crippen LogP contribution is -2.28. The average molecular weight is 249 g/mol. The summed E-state index contributed by atoms with van der Waals surface area (Å²) in [7, 11) is 0. The molecular weight excluding hydrogens is 243 g/mol. The van der Waals surface area contributed by atoms with E-state index in [9.17, 15) is 4.79 Å². The number of primary amides is 1. The fourth-order valence-electron chi connectivity index (χ4n) is 0.792. The third kappa shape index (κ3) is 2.57. The topological polar surface area (TPSA) is 55.1 Å². The first-order valence-electron chi connectivity index (χ1n) is 3.57. The van der Waals surface area contributed by atoms with Gasteiger partial charge in [-0.05, 0) is 12.1 Å². The number of anilines is 1. The Morgan fingerprint density at radius 2 is 1.86 bits per heavy atom. The van der Waals surface area contributed by atoms with Gasteiger partial charge in [-0.15, -0.1) is 0 Å². The second-order valence-corrected chi connectivity index (χ2v) is 3.64. The molecule has 1 rings (SSSR count). The normalized spacial score (nSPS) is 9.57. The van der Waals surface area contributed by atoms with Crippen molar-refractivity contribution in [2.75, 3.05) is 5.32 Å². The van der Waals surface area contributed by atoms with Gasteiger partial charge in [-0.25, -0.2) is 0 Å². The van der Waals surface area contributed by atoms with Crippen molar-refractivity contribution in [3.05, 3.63) is 28.2 Å². The Hall–Kier alpha value is -0.840. The van der Waals surface area contributed by atoms with E-state index in [-0.39, 0.29) is 4.99 Å². The van der Waals surface area contributed by atoms with E-state index in [4.69, 9.17) is 28.9 Å². The molecule has 74 valence electrons. The summed E-state index contributed by atoms with van der Waals surface area (Å²) in [5, 5.41) is 3.32. The molecule has 0 aromatic heterocycles. The highest BCUT2D eigenvalue weighted by Gasteiger charge is 2.09. The summed E-state index contributed by atoms with van der Waals surface area (Å²) >= 11 is 16.3. The molecule has 0 saturated heterocycles. The van der Waals surface area contributed by atoms with E-state index in [0.29, 0.717) is 15.7 Å². The number of thiocarbonyl (C=S) groups is 1. The van der Waals surface area contributed by atoms with E-state index < -0.39 is 5.91 Å². The maximum atomic E-state index is 10.7. The van der Waals surface area contributed by atoms with Crippen LogP contribution in [0.3, 0.4) is 0 Å². The van der Waals surface area contributed by atoms with Crippen LogP contribution in [0, 0.1) is 0 Å². The molecular formula is C8H6Cl2N2OS. The predicted molar refractivity (Wildman–Crippen MR) is 61.9 cm³/mol. The largest absolute Gasteiger partial charge is 0.364 e. The molecule has 0 aliphatic rings. The standard InChI is InChI=1S/C8H6Cl2N2OS/c9-4-2-1-3-5(10)6(4)12-8(14)7(11)13/h1-3H,(H2,11,13)(H,12,14). The number of amides is 1. The summed E-state index contributed by atoms with van der Waals surface area (Å²) in [6, 6.07) is 4.93. The number of nitrogens with two attached hydrogens (primary N) is 1. The molecule has 1 amide bonds. The Kier molecular flexibility index (Phi) is 3.69. The number of benzene rings is 1. The molecule has 1 aromatic carbocycles. The molecule has 0 radical (unpaired) electrons. The van der Waals surface area contributed by atoms with Crippen molar-refractivity contribution in [2.45, 2.75) is 0 Å². The van der Waals surface area contributed by atoms with Crippen molar-refractivity contribution >= 4 is 52.0 Å². The first-order chi connectivity index (χ1) is 6.52. The third-order valence-electron chi connectivity index (χ3n) is 1.43. The number of carbonyl (C=O) groups is 1. The number of para-hydroxylation sites is 1. The molecule has 0 bridgehead atoms. The molecule has 0 aliphatic carbocycles. The SMILES string of the molecule is NC(=O)C(=S)Nc1c(Cl)cccc1Cl. The molecule has 0 heterocycles. The van der Waals surface area contributed by atoms with Crippen LogP contribution in [0.5, 0.6) is 0 Å². The first-order valence-corrected chi connectivity index (χ1v) is 4.73. The minimum atomic E-state index is -0.726. The average Bonchev–Trinajstić information content (AvgIpc) is 2.11. The monoisotopic (exact) mass is 248 g/mol. The Balaban J connectivity index is 2.97. The van der Waals surface area contributed by atoms with Gasteiger partial charge in [0.05, 0.1) is 15.7 Å². The van der Waals surface area contributed by atoms with Gasteiger partial charge in [0.2, 0.25) is 0 Å². The Morgan fingerprint density at radius 3 is 2.29 bits per heavy atom. The van der Waals surface area contributed by atoms with Crippen molar-refractivity contribution in [3.63, 3.8) is 0 Å². The van der Waals surface area contributed by atoms with Crippen molar-refractivity contribution in [1.29, 1.82) is 0 Å². The van der Waals surface area contributed by atoms with Crippen molar-refractivity contribution in [3.8, 4) is 0 Å². The van der Waals surface area contributed by atoms with Gasteiger partial charge >= 0.3 is 0 Å². The fraction of sp³-hybridized carbons (Fsp3) is 0. The third-order valence-corrected chi connectivity index (χ3v) is 2.36. The van der Waals surface area contributed by atoms with E-state index in [2.05, 4.69) is 17.5 Å². The molecule has 0 unspecified atom stereocenters. The van der Waals surface area contributed by atoms with E-state index >= 15 is 0 Å². The van der Waals surface area contributed by atoms with Crippen LogP contribution < -0.4 is 11.1 Å². The molecule has 0 spiro atoms. The minimum absolute atomic E-state index is 0.125. The van der Waals surface area contributed by atoms with Crippen molar-refractivity contribution in [1.82, 2.24) is 0 Å². The van der Waals surface area contributed by atoms with Crippen LogP contribution in [0.2, 0.25) is 10.0 Å². The van der Waals surface area contributed by atoms with E-state index in [1.807, 2.05) is 0 Å². The summed E-state index contributed by atoms with van der Waals surface area (Å²) in [4.78, 5) is 10.5. The predicted octanol–water partition coefficient (Wildman–Crippen LogP) is 2.22. The molecule has 3 nitrogen and oxygen atoms in total. The summed E-state index contributed by atoms with van der Waals surface area (Å²) in [5.74, 6) is -0.726. The van der Waals surface area contributed by atoms with Crippen LogP contribution in [-0.4, -0.2) is 10.9 Å². The summed E-state index contributed by atoms with van der Waals surface area (Å²) in [6.45, 7) is 0. The highest BCUT2D eigenvalue weighted by atomic mass is 35.5. The number of halogens is 2. The molecule has 3 N–H and O–H groups in total. The lowest BCUT2D eigenvalue weighted by molar-refractivity contribution is -0.111. The quantitative estimate of drug-likeness (QED) is 0.750. The zero-order chi connectivity index (χ0) is 10.7.